The van der Waals surface area contributed by atoms with Gasteiger partial charge in [0.25, 0.3) is 0 Å². The Morgan fingerprint density at radius 1 is 1.35 bits per heavy atom. The van der Waals surface area contributed by atoms with E-state index < -0.39 is 0 Å². The molecule has 0 unspecified atom stereocenters. The van der Waals surface area contributed by atoms with E-state index in [-0.39, 0.29) is 5.78 Å². The minimum Gasteiger partial charge on any atom is -0.398 e. The van der Waals surface area contributed by atoms with E-state index in [4.69, 9.17) is 5.73 Å². The average Bonchev–Trinajstić information content (AvgIpc) is 2.62. The number of hydrogen-bond donors (Lipinski definition) is 1. The van der Waals surface area contributed by atoms with E-state index >= 15 is 0 Å². The number of nitrogens with two attached hydrogens (primary N) is 1. The molecule has 17 heavy (non-hydrogen) atoms. The normalized spacial score (nSPS) is 10.5. The zero-order chi connectivity index (χ0) is 12.6. The number of anilines is 1. The van der Waals surface area contributed by atoms with Crippen molar-refractivity contribution in [1.82, 2.24) is 0 Å². The molecule has 0 amide bonds. The van der Waals surface area contributed by atoms with Crippen LogP contribution in [0.4, 0.5) is 5.69 Å². The lowest BCUT2D eigenvalue weighted by atomic mass is 10.1. The third-order valence-electron chi connectivity index (χ3n) is 2.35. The fraction of sp³-hybridized carbons (Fsp3) is 0.0833. The SMILES string of the molecule is Cc1cc(C(=O)c2cccc(N)c2Br)sc1Br. The second-order valence-electron chi connectivity index (χ2n) is 3.61. The molecule has 2 nitrogen and oxygen atoms in total. The maximum absolute atomic E-state index is 12.3. The molecule has 2 rings (SSSR count). The Balaban J connectivity index is 2.47. The first kappa shape index (κ1) is 12.8. The van der Waals surface area contributed by atoms with Crippen molar-refractivity contribution in [3.8, 4) is 0 Å². The van der Waals surface area contributed by atoms with Crippen LogP contribution in [0.1, 0.15) is 20.8 Å². The topological polar surface area (TPSA) is 43.1 Å². The zero-order valence-electron chi connectivity index (χ0n) is 8.96. The van der Waals surface area contributed by atoms with Gasteiger partial charge in [0.2, 0.25) is 5.78 Å². The van der Waals surface area contributed by atoms with E-state index in [1.807, 2.05) is 13.0 Å². The highest BCUT2D eigenvalue weighted by Crippen LogP contribution is 2.32. The summed E-state index contributed by atoms with van der Waals surface area (Å²) in [5.74, 6) is -0.0111. The van der Waals surface area contributed by atoms with E-state index in [0.717, 1.165) is 9.35 Å². The van der Waals surface area contributed by atoms with E-state index in [9.17, 15) is 4.79 Å². The lowest BCUT2D eigenvalue weighted by Gasteiger charge is -2.04. The molecule has 0 aliphatic heterocycles. The fourth-order valence-electron chi connectivity index (χ4n) is 1.43. The van der Waals surface area contributed by atoms with Gasteiger partial charge in [0.05, 0.1) is 13.1 Å². The van der Waals surface area contributed by atoms with Gasteiger partial charge in [-0.25, -0.2) is 0 Å². The van der Waals surface area contributed by atoms with Crippen LogP contribution in [0.25, 0.3) is 0 Å². The molecule has 0 saturated heterocycles. The monoisotopic (exact) mass is 373 g/mol. The van der Waals surface area contributed by atoms with Crippen molar-refractivity contribution in [2.75, 3.05) is 5.73 Å². The van der Waals surface area contributed by atoms with E-state index in [0.29, 0.717) is 20.6 Å². The minimum absolute atomic E-state index is 0.0111. The second-order valence-corrected chi connectivity index (χ2v) is 6.77. The molecule has 88 valence electrons. The fourth-order valence-corrected chi connectivity index (χ4v) is 3.36. The molecule has 2 aromatic rings. The molecule has 0 radical (unpaired) electrons. The first-order valence-corrected chi connectivity index (χ1v) is 7.25. The number of thiophene rings is 1. The van der Waals surface area contributed by atoms with Gasteiger partial charge in [-0.05, 0) is 62.5 Å². The van der Waals surface area contributed by atoms with Crippen molar-refractivity contribution in [1.29, 1.82) is 0 Å². The number of nitrogen functional groups attached to an aromatic ring is 1. The maximum Gasteiger partial charge on any atom is 0.204 e. The van der Waals surface area contributed by atoms with Crippen LogP contribution >= 0.6 is 43.2 Å². The molecular weight excluding hydrogens is 366 g/mol. The molecule has 0 spiro atoms. The number of carbonyl (C=O) groups is 1. The number of hydrogen-bond acceptors (Lipinski definition) is 3. The van der Waals surface area contributed by atoms with Crippen molar-refractivity contribution in [2.24, 2.45) is 0 Å². The van der Waals surface area contributed by atoms with Crippen molar-refractivity contribution < 1.29 is 4.79 Å². The predicted octanol–water partition coefficient (Wildman–Crippen LogP) is 4.39. The molecule has 0 bridgehead atoms. The molecule has 5 heteroatoms. The Kier molecular flexibility index (Phi) is 3.70. The van der Waals surface area contributed by atoms with Gasteiger partial charge in [0.15, 0.2) is 0 Å². The average molecular weight is 375 g/mol. The molecular formula is C12H9Br2NOS. The highest BCUT2D eigenvalue weighted by molar-refractivity contribution is 9.11. The van der Waals surface area contributed by atoms with Crippen LogP contribution in [0.3, 0.4) is 0 Å². The maximum atomic E-state index is 12.3. The Morgan fingerprint density at radius 2 is 2.06 bits per heavy atom. The largest absolute Gasteiger partial charge is 0.398 e. The summed E-state index contributed by atoms with van der Waals surface area (Å²) >= 11 is 8.21. The molecule has 0 aliphatic carbocycles. The van der Waals surface area contributed by atoms with Crippen LogP contribution in [0, 0.1) is 6.92 Å². The van der Waals surface area contributed by atoms with Crippen LogP contribution < -0.4 is 5.73 Å². The summed E-state index contributed by atoms with van der Waals surface area (Å²) in [7, 11) is 0. The van der Waals surface area contributed by atoms with Crippen molar-refractivity contribution in [3.63, 3.8) is 0 Å². The Hall–Kier alpha value is -0.650. The van der Waals surface area contributed by atoms with Crippen molar-refractivity contribution in [3.05, 3.63) is 48.5 Å². The Morgan fingerprint density at radius 3 is 2.65 bits per heavy atom. The summed E-state index contributed by atoms with van der Waals surface area (Å²) in [6.45, 7) is 1.96. The van der Waals surface area contributed by atoms with E-state index in [2.05, 4.69) is 31.9 Å². The summed E-state index contributed by atoms with van der Waals surface area (Å²) in [5, 5.41) is 0. The summed E-state index contributed by atoms with van der Waals surface area (Å²) in [6, 6.07) is 7.19. The van der Waals surface area contributed by atoms with Gasteiger partial charge in [0.1, 0.15) is 0 Å². The number of aryl methyl sites for hydroxylation is 1. The van der Waals surface area contributed by atoms with Gasteiger partial charge in [-0.15, -0.1) is 11.3 Å². The first-order chi connectivity index (χ1) is 8.00. The van der Waals surface area contributed by atoms with Crippen LogP contribution in [0.15, 0.2) is 32.5 Å². The molecule has 1 heterocycles. The van der Waals surface area contributed by atoms with Crippen LogP contribution in [0.2, 0.25) is 0 Å². The minimum atomic E-state index is -0.0111. The smallest absolute Gasteiger partial charge is 0.204 e. The van der Waals surface area contributed by atoms with Crippen LogP contribution in [0.5, 0.6) is 0 Å². The molecule has 2 N–H and O–H groups in total. The highest BCUT2D eigenvalue weighted by Gasteiger charge is 2.16. The van der Waals surface area contributed by atoms with Gasteiger partial charge in [-0.3, -0.25) is 4.79 Å². The van der Waals surface area contributed by atoms with Gasteiger partial charge < -0.3 is 5.73 Å². The van der Waals surface area contributed by atoms with E-state index in [1.54, 1.807) is 18.2 Å². The Labute approximate surface area is 120 Å². The number of carbonyl (C=O) groups excluding carboxylic acids is 1. The standard InChI is InChI=1S/C12H9Br2NOS/c1-6-5-9(17-12(6)14)11(16)7-3-2-4-8(15)10(7)13/h2-5H,15H2,1H3. The van der Waals surface area contributed by atoms with E-state index in [1.165, 1.54) is 11.3 Å². The van der Waals surface area contributed by atoms with Gasteiger partial charge in [-0.2, -0.15) is 0 Å². The van der Waals surface area contributed by atoms with Gasteiger partial charge >= 0.3 is 0 Å². The number of benzene rings is 1. The zero-order valence-corrected chi connectivity index (χ0v) is 12.9. The van der Waals surface area contributed by atoms with Gasteiger partial charge in [-0.1, -0.05) is 6.07 Å². The molecule has 1 aromatic heterocycles. The predicted molar refractivity (Wildman–Crippen MR) is 78.7 cm³/mol. The quantitative estimate of drug-likeness (QED) is 0.625. The number of rotatable bonds is 2. The molecule has 0 fully saturated rings. The molecule has 1 aromatic carbocycles. The summed E-state index contributed by atoms with van der Waals surface area (Å²) < 4.78 is 1.65. The van der Waals surface area contributed by atoms with Crippen LogP contribution in [-0.4, -0.2) is 5.78 Å². The molecule has 0 saturated carbocycles. The first-order valence-electron chi connectivity index (χ1n) is 4.85. The van der Waals surface area contributed by atoms with Gasteiger partial charge in [0, 0.05) is 11.3 Å². The Bertz CT molecular complexity index is 573. The number of ketones is 1. The number of halogens is 2. The third kappa shape index (κ3) is 2.46. The van der Waals surface area contributed by atoms with Crippen molar-refractivity contribution in [2.45, 2.75) is 6.92 Å². The second kappa shape index (κ2) is 4.92. The summed E-state index contributed by atoms with van der Waals surface area (Å²) in [4.78, 5) is 13.0. The highest BCUT2D eigenvalue weighted by atomic mass is 79.9. The van der Waals surface area contributed by atoms with Crippen molar-refractivity contribution >= 4 is 54.7 Å². The summed E-state index contributed by atoms with van der Waals surface area (Å²) in [5.41, 5.74) is 8.00. The lowest BCUT2D eigenvalue weighted by Crippen LogP contribution is -2.01. The molecule has 0 aliphatic rings. The summed E-state index contributed by atoms with van der Waals surface area (Å²) in [6.07, 6.45) is 0. The van der Waals surface area contributed by atoms with Crippen LogP contribution in [-0.2, 0) is 0 Å². The lowest BCUT2D eigenvalue weighted by molar-refractivity contribution is 0.104. The molecule has 0 atom stereocenters. The third-order valence-corrected chi connectivity index (χ3v) is 5.37.